The molecule has 106 valence electrons. The summed E-state index contributed by atoms with van der Waals surface area (Å²) in [5, 5.41) is 3.26. The number of anilines is 2. The molecule has 1 fully saturated rings. The van der Waals surface area contributed by atoms with Crippen LogP contribution in [0.25, 0.3) is 0 Å². The Balaban J connectivity index is 2.10. The maximum atomic E-state index is 13.9. The lowest BCUT2D eigenvalue weighted by atomic mass is 10.1. The SMILES string of the molecule is CCN1CCCC(Nc2cc(OC)c(N)cc2F)C1. The summed E-state index contributed by atoms with van der Waals surface area (Å²) in [4.78, 5) is 2.37. The average Bonchev–Trinajstić information content (AvgIpc) is 2.42. The van der Waals surface area contributed by atoms with E-state index in [9.17, 15) is 4.39 Å². The van der Waals surface area contributed by atoms with Gasteiger partial charge in [0.15, 0.2) is 0 Å². The van der Waals surface area contributed by atoms with Gasteiger partial charge in [-0.3, -0.25) is 0 Å². The Morgan fingerprint density at radius 1 is 1.53 bits per heavy atom. The monoisotopic (exact) mass is 267 g/mol. The molecule has 1 aromatic rings. The zero-order valence-electron chi connectivity index (χ0n) is 11.6. The lowest BCUT2D eigenvalue weighted by Crippen LogP contribution is -2.41. The summed E-state index contributed by atoms with van der Waals surface area (Å²) < 4.78 is 19.0. The highest BCUT2D eigenvalue weighted by Crippen LogP contribution is 2.29. The van der Waals surface area contributed by atoms with Gasteiger partial charge in [0.2, 0.25) is 0 Å². The largest absolute Gasteiger partial charge is 0.495 e. The number of piperidine rings is 1. The molecule has 0 radical (unpaired) electrons. The highest BCUT2D eigenvalue weighted by atomic mass is 19.1. The van der Waals surface area contributed by atoms with Gasteiger partial charge in [-0.2, -0.15) is 0 Å². The quantitative estimate of drug-likeness (QED) is 0.822. The second kappa shape index (κ2) is 6.10. The van der Waals surface area contributed by atoms with Crippen LogP contribution in [0, 0.1) is 5.82 Å². The number of benzene rings is 1. The highest BCUT2D eigenvalue weighted by Gasteiger charge is 2.20. The van der Waals surface area contributed by atoms with Crippen molar-refractivity contribution in [3.05, 3.63) is 17.9 Å². The van der Waals surface area contributed by atoms with Gasteiger partial charge in [-0.05, 0) is 25.9 Å². The van der Waals surface area contributed by atoms with Gasteiger partial charge in [-0.15, -0.1) is 0 Å². The van der Waals surface area contributed by atoms with Gasteiger partial charge in [-0.1, -0.05) is 6.92 Å². The lowest BCUT2D eigenvalue weighted by Gasteiger charge is -2.33. The summed E-state index contributed by atoms with van der Waals surface area (Å²) in [6, 6.07) is 3.22. The number of ether oxygens (including phenoxy) is 1. The third-order valence-electron chi connectivity index (χ3n) is 3.63. The molecular formula is C14H22FN3O. The van der Waals surface area contributed by atoms with Crippen molar-refractivity contribution < 1.29 is 9.13 Å². The summed E-state index contributed by atoms with van der Waals surface area (Å²) in [5.74, 6) is 0.180. The van der Waals surface area contributed by atoms with Crippen LogP contribution in [0.5, 0.6) is 5.75 Å². The molecule has 0 aromatic heterocycles. The molecule has 5 heteroatoms. The second-order valence-corrected chi connectivity index (χ2v) is 4.95. The van der Waals surface area contributed by atoms with Crippen molar-refractivity contribution in [1.29, 1.82) is 0 Å². The van der Waals surface area contributed by atoms with Crippen LogP contribution in [-0.4, -0.2) is 37.7 Å². The van der Waals surface area contributed by atoms with Gasteiger partial charge >= 0.3 is 0 Å². The molecule has 0 bridgehead atoms. The van der Waals surface area contributed by atoms with Crippen LogP contribution >= 0.6 is 0 Å². The topological polar surface area (TPSA) is 50.5 Å². The number of rotatable bonds is 4. The summed E-state index contributed by atoms with van der Waals surface area (Å²) in [7, 11) is 1.53. The van der Waals surface area contributed by atoms with Crippen molar-refractivity contribution in [3.8, 4) is 5.75 Å². The van der Waals surface area contributed by atoms with E-state index in [0.717, 1.165) is 32.5 Å². The van der Waals surface area contributed by atoms with Crippen LogP contribution in [0.15, 0.2) is 12.1 Å². The first-order valence-electron chi connectivity index (χ1n) is 6.76. The molecule has 0 aliphatic carbocycles. The molecule has 1 atom stereocenters. The van der Waals surface area contributed by atoms with Crippen LogP contribution < -0.4 is 15.8 Å². The molecular weight excluding hydrogens is 245 g/mol. The standard InChI is InChI=1S/C14H22FN3O/c1-3-18-6-4-5-10(9-18)17-13-8-14(19-2)12(16)7-11(13)15/h7-8,10,17H,3-6,9,16H2,1-2H3. The molecule has 1 saturated heterocycles. The molecule has 19 heavy (non-hydrogen) atoms. The number of likely N-dealkylation sites (N-methyl/N-ethyl adjacent to an activating group) is 1. The Bertz CT molecular complexity index is 439. The molecule has 1 heterocycles. The third kappa shape index (κ3) is 3.29. The van der Waals surface area contributed by atoms with Gasteiger partial charge in [0.25, 0.3) is 0 Å². The summed E-state index contributed by atoms with van der Waals surface area (Å²) in [5.41, 5.74) is 6.47. The Kier molecular flexibility index (Phi) is 4.47. The molecule has 0 spiro atoms. The van der Waals surface area contributed by atoms with Crippen LogP contribution in [0.3, 0.4) is 0 Å². The predicted octanol–water partition coefficient (Wildman–Crippen LogP) is 2.31. The number of halogens is 1. The number of nitrogens with two attached hydrogens (primary N) is 1. The minimum absolute atomic E-state index is 0.275. The van der Waals surface area contributed by atoms with Gasteiger partial charge in [0, 0.05) is 24.7 Å². The normalized spacial score (nSPS) is 20.3. The molecule has 1 aliphatic rings. The van der Waals surface area contributed by atoms with Crippen LogP contribution in [0.2, 0.25) is 0 Å². The fourth-order valence-corrected chi connectivity index (χ4v) is 2.54. The number of nitrogens with one attached hydrogen (secondary N) is 1. The molecule has 1 aliphatic heterocycles. The number of hydrogen-bond acceptors (Lipinski definition) is 4. The first-order chi connectivity index (χ1) is 9.13. The summed E-state index contributed by atoms with van der Waals surface area (Å²) in [6.45, 7) is 5.26. The summed E-state index contributed by atoms with van der Waals surface area (Å²) >= 11 is 0. The molecule has 4 nitrogen and oxygen atoms in total. The molecule has 2 rings (SSSR count). The number of likely N-dealkylation sites (tertiary alicyclic amines) is 1. The first kappa shape index (κ1) is 13.9. The van der Waals surface area contributed by atoms with E-state index in [1.54, 1.807) is 6.07 Å². The highest BCUT2D eigenvalue weighted by molar-refractivity contribution is 5.62. The maximum absolute atomic E-state index is 13.9. The molecule has 0 saturated carbocycles. The second-order valence-electron chi connectivity index (χ2n) is 4.95. The van der Waals surface area contributed by atoms with Crippen molar-refractivity contribution in [2.75, 3.05) is 37.8 Å². The molecule has 3 N–H and O–H groups in total. The summed E-state index contributed by atoms with van der Waals surface area (Å²) in [6.07, 6.45) is 2.20. The Hall–Kier alpha value is -1.49. The first-order valence-corrected chi connectivity index (χ1v) is 6.76. The van der Waals surface area contributed by atoms with Crippen molar-refractivity contribution in [2.45, 2.75) is 25.8 Å². The number of hydrogen-bond donors (Lipinski definition) is 2. The lowest BCUT2D eigenvalue weighted by molar-refractivity contribution is 0.226. The van der Waals surface area contributed by atoms with Gasteiger partial charge in [0.1, 0.15) is 11.6 Å². The number of methoxy groups -OCH3 is 1. The zero-order valence-corrected chi connectivity index (χ0v) is 11.6. The fraction of sp³-hybridized carbons (Fsp3) is 0.571. The number of nitrogens with zero attached hydrogens (tertiary/aromatic N) is 1. The van der Waals surface area contributed by atoms with E-state index in [4.69, 9.17) is 10.5 Å². The minimum atomic E-state index is -0.327. The number of nitrogen functional groups attached to an aromatic ring is 1. The minimum Gasteiger partial charge on any atom is -0.495 e. The van der Waals surface area contributed by atoms with E-state index < -0.39 is 0 Å². The van der Waals surface area contributed by atoms with E-state index in [1.807, 2.05) is 0 Å². The van der Waals surface area contributed by atoms with Crippen molar-refractivity contribution in [1.82, 2.24) is 4.90 Å². The van der Waals surface area contributed by atoms with Gasteiger partial charge in [0.05, 0.1) is 18.5 Å². The fourth-order valence-electron chi connectivity index (χ4n) is 2.54. The molecule has 1 unspecified atom stereocenters. The van der Waals surface area contributed by atoms with Crippen LogP contribution in [0.4, 0.5) is 15.8 Å². The molecule has 0 amide bonds. The molecule has 1 aromatic carbocycles. The predicted molar refractivity (Wildman–Crippen MR) is 76.1 cm³/mol. The van der Waals surface area contributed by atoms with E-state index in [1.165, 1.54) is 13.2 Å². The van der Waals surface area contributed by atoms with Crippen LogP contribution in [0.1, 0.15) is 19.8 Å². The Morgan fingerprint density at radius 3 is 3.00 bits per heavy atom. The smallest absolute Gasteiger partial charge is 0.148 e. The van der Waals surface area contributed by atoms with Crippen molar-refractivity contribution in [2.24, 2.45) is 0 Å². The average molecular weight is 267 g/mol. The van der Waals surface area contributed by atoms with E-state index >= 15 is 0 Å². The van der Waals surface area contributed by atoms with Gasteiger partial charge in [-0.25, -0.2) is 4.39 Å². The van der Waals surface area contributed by atoms with E-state index in [0.29, 0.717) is 17.1 Å². The maximum Gasteiger partial charge on any atom is 0.148 e. The zero-order chi connectivity index (χ0) is 13.8. The van der Waals surface area contributed by atoms with Gasteiger partial charge < -0.3 is 20.7 Å². The Labute approximate surface area is 113 Å². The van der Waals surface area contributed by atoms with E-state index in [-0.39, 0.29) is 11.9 Å². The van der Waals surface area contributed by atoms with E-state index in [2.05, 4.69) is 17.1 Å². The van der Waals surface area contributed by atoms with Crippen molar-refractivity contribution >= 4 is 11.4 Å². The third-order valence-corrected chi connectivity index (χ3v) is 3.63. The van der Waals surface area contributed by atoms with Crippen molar-refractivity contribution in [3.63, 3.8) is 0 Å². The Morgan fingerprint density at radius 2 is 2.32 bits per heavy atom. The van der Waals surface area contributed by atoms with Crippen LogP contribution in [-0.2, 0) is 0 Å².